The number of aromatic amines is 1. The van der Waals surface area contributed by atoms with Gasteiger partial charge in [0.1, 0.15) is 0 Å². The number of benzene rings is 2. The first-order valence-corrected chi connectivity index (χ1v) is 6.21. The van der Waals surface area contributed by atoms with E-state index in [4.69, 9.17) is 5.73 Å². The van der Waals surface area contributed by atoms with E-state index < -0.39 is 0 Å². The lowest BCUT2D eigenvalue weighted by atomic mass is 10.1. The van der Waals surface area contributed by atoms with E-state index >= 15 is 0 Å². The summed E-state index contributed by atoms with van der Waals surface area (Å²) in [4.78, 5) is 0. The van der Waals surface area contributed by atoms with Gasteiger partial charge in [-0.1, -0.05) is 42.0 Å². The summed E-state index contributed by atoms with van der Waals surface area (Å²) in [5.41, 5.74) is 11.8. The lowest BCUT2D eigenvalue weighted by Gasteiger charge is -1.97. The molecule has 0 aliphatic heterocycles. The second-order valence-electron chi connectivity index (χ2n) is 4.65. The third-order valence-electron chi connectivity index (χ3n) is 3.15. The van der Waals surface area contributed by atoms with E-state index in [1.807, 2.05) is 24.3 Å². The van der Waals surface area contributed by atoms with Crippen LogP contribution in [0.1, 0.15) is 5.56 Å². The molecule has 0 saturated carbocycles. The predicted molar refractivity (Wildman–Crippen MR) is 78.6 cm³/mol. The molecule has 0 fully saturated rings. The lowest BCUT2D eigenvalue weighted by Crippen LogP contribution is -1.83. The Morgan fingerprint density at radius 2 is 1.53 bits per heavy atom. The third-order valence-corrected chi connectivity index (χ3v) is 3.15. The topological polar surface area (TPSA) is 54.7 Å². The van der Waals surface area contributed by atoms with Crippen LogP contribution in [0, 0.1) is 6.92 Å². The SMILES string of the molecule is Cc1ccc(-c2cc(-c3ccc(N)cc3)n[nH]2)cc1. The van der Waals surface area contributed by atoms with Gasteiger partial charge in [-0.25, -0.2) is 0 Å². The molecular weight excluding hydrogens is 234 g/mol. The Morgan fingerprint density at radius 3 is 2.21 bits per heavy atom. The maximum Gasteiger partial charge on any atom is 0.0927 e. The molecule has 3 heteroatoms. The van der Waals surface area contributed by atoms with Gasteiger partial charge in [-0.05, 0) is 30.7 Å². The molecule has 0 unspecified atom stereocenters. The van der Waals surface area contributed by atoms with Gasteiger partial charge in [-0.2, -0.15) is 5.10 Å². The van der Waals surface area contributed by atoms with E-state index in [9.17, 15) is 0 Å². The van der Waals surface area contributed by atoms with Crippen molar-refractivity contribution in [3.63, 3.8) is 0 Å². The van der Waals surface area contributed by atoms with Crippen molar-refractivity contribution < 1.29 is 0 Å². The van der Waals surface area contributed by atoms with Crippen molar-refractivity contribution >= 4 is 5.69 Å². The van der Waals surface area contributed by atoms with E-state index in [0.717, 1.165) is 28.2 Å². The fourth-order valence-corrected chi connectivity index (χ4v) is 2.00. The van der Waals surface area contributed by atoms with Crippen LogP contribution in [0.15, 0.2) is 54.6 Å². The van der Waals surface area contributed by atoms with E-state index in [1.165, 1.54) is 5.56 Å². The number of H-pyrrole nitrogens is 1. The average molecular weight is 249 g/mol. The van der Waals surface area contributed by atoms with Gasteiger partial charge >= 0.3 is 0 Å². The average Bonchev–Trinajstić information content (AvgIpc) is 2.90. The zero-order valence-electron chi connectivity index (χ0n) is 10.7. The second kappa shape index (κ2) is 4.61. The Bertz CT molecular complexity index is 619. The van der Waals surface area contributed by atoms with E-state index in [2.05, 4.69) is 47.5 Å². The van der Waals surface area contributed by atoms with Crippen LogP contribution in [0.4, 0.5) is 5.69 Å². The molecule has 3 N–H and O–H groups in total. The molecular formula is C16H15N3. The molecule has 3 rings (SSSR count). The van der Waals surface area contributed by atoms with Crippen molar-refractivity contribution in [3.05, 3.63) is 60.2 Å². The largest absolute Gasteiger partial charge is 0.399 e. The number of rotatable bonds is 2. The summed E-state index contributed by atoms with van der Waals surface area (Å²) >= 11 is 0. The van der Waals surface area contributed by atoms with Crippen LogP contribution < -0.4 is 5.73 Å². The van der Waals surface area contributed by atoms with Gasteiger partial charge in [-0.3, -0.25) is 5.10 Å². The number of hydrogen-bond donors (Lipinski definition) is 2. The molecule has 0 aliphatic rings. The molecule has 0 aliphatic carbocycles. The molecule has 0 atom stereocenters. The zero-order valence-corrected chi connectivity index (χ0v) is 10.7. The number of nitrogens with two attached hydrogens (primary N) is 1. The number of anilines is 1. The van der Waals surface area contributed by atoms with E-state index in [-0.39, 0.29) is 0 Å². The summed E-state index contributed by atoms with van der Waals surface area (Å²) in [6, 6.07) is 18.2. The highest BCUT2D eigenvalue weighted by Gasteiger charge is 2.05. The van der Waals surface area contributed by atoms with Crippen LogP contribution in [0.25, 0.3) is 22.5 Å². The molecule has 3 aromatic rings. The van der Waals surface area contributed by atoms with Crippen LogP contribution in [-0.2, 0) is 0 Å². The Hall–Kier alpha value is -2.55. The molecule has 3 nitrogen and oxygen atoms in total. The minimum absolute atomic E-state index is 0.762. The van der Waals surface area contributed by atoms with Crippen molar-refractivity contribution in [1.82, 2.24) is 10.2 Å². The minimum Gasteiger partial charge on any atom is -0.399 e. The van der Waals surface area contributed by atoms with Crippen molar-refractivity contribution in [2.75, 3.05) is 5.73 Å². The fourth-order valence-electron chi connectivity index (χ4n) is 2.00. The second-order valence-corrected chi connectivity index (χ2v) is 4.65. The summed E-state index contributed by atoms with van der Waals surface area (Å²) in [6.07, 6.45) is 0. The highest BCUT2D eigenvalue weighted by molar-refractivity contribution is 5.69. The van der Waals surface area contributed by atoms with Gasteiger partial charge in [0.15, 0.2) is 0 Å². The highest BCUT2D eigenvalue weighted by atomic mass is 15.1. The lowest BCUT2D eigenvalue weighted by molar-refractivity contribution is 1.10. The van der Waals surface area contributed by atoms with Crippen LogP contribution in [0.5, 0.6) is 0 Å². The summed E-state index contributed by atoms with van der Waals surface area (Å²) in [5.74, 6) is 0. The van der Waals surface area contributed by atoms with Crippen LogP contribution in [0.2, 0.25) is 0 Å². The van der Waals surface area contributed by atoms with E-state index in [1.54, 1.807) is 0 Å². The monoisotopic (exact) mass is 249 g/mol. The highest BCUT2D eigenvalue weighted by Crippen LogP contribution is 2.24. The molecule has 1 aromatic heterocycles. The maximum atomic E-state index is 5.69. The van der Waals surface area contributed by atoms with Crippen molar-refractivity contribution in [2.24, 2.45) is 0 Å². The van der Waals surface area contributed by atoms with Crippen molar-refractivity contribution in [2.45, 2.75) is 6.92 Å². The smallest absolute Gasteiger partial charge is 0.0927 e. The van der Waals surface area contributed by atoms with Gasteiger partial charge in [0.2, 0.25) is 0 Å². The van der Waals surface area contributed by atoms with Gasteiger partial charge in [-0.15, -0.1) is 0 Å². The maximum absolute atomic E-state index is 5.69. The number of aryl methyl sites for hydroxylation is 1. The first kappa shape index (κ1) is 11.5. The number of hydrogen-bond acceptors (Lipinski definition) is 2. The Kier molecular flexibility index (Phi) is 2.80. The van der Waals surface area contributed by atoms with Gasteiger partial charge in [0.25, 0.3) is 0 Å². The number of nitrogens with zero attached hydrogens (tertiary/aromatic N) is 1. The third kappa shape index (κ3) is 2.36. The molecule has 94 valence electrons. The molecule has 1 heterocycles. The molecule has 0 bridgehead atoms. The molecule has 0 spiro atoms. The quantitative estimate of drug-likeness (QED) is 0.681. The fraction of sp³-hybridized carbons (Fsp3) is 0.0625. The normalized spacial score (nSPS) is 10.6. The first-order valence-electron chi connectivity index (χ1n) is 6.21. The molecule has 0 saturated heterocycles. The Morgan fingerprint density at radius 1 is 0.895 bits per heavy atom. The summed E-state index contributed by atoms with van der Waals surface area (Å²) in [5, 5.41) is 7.42. The van der Waals surface area contributed by atoms with Crippen LogP contribution >= 0.6 is 0 Å². The van der Waals surface area contributed by atoms with Crippen LogP contribution in [-0.4, -0.2) is 10.2 Å². The number of aromatic nitrogens is 2. The zero-order chi connectivity index (χ0) is 13.2. The molecule has 19 heavy (non-hydrogen) atoms. The first-order chi connectivity index (χ1) is 9.22. The van der Waals surface area contributed by atoms with Crippen LogP contribution in [0.3, 0.4) is 0 Å². The van der Waals surface area contributed by atoms with Gasteiger partial charge in [0, 0.05) is 11.3 Å². The predicted octanol–water partition coefficient (Wildman–Crippen LogP) is 3.63. The number of nitrogen functional groups attached to an aromatic ring is 1. The Balaban J connectivity index is 1.95. The minimum atomic E-state index is 0.762. The number of nitrogens with one attached hydrogen (secondary N) is 1. The molecule has 2 aromatic carbocycles. The summed E-state index contributed by atoms with van der Waals surface area (Å²) in [6.45, 7) is 2.08. The molecule has 0 radical (unpaired) electrons. The van der Waals surface area contributed by atoms with E-state index in [0.29, 0.717) is 0 Å². The summed E-state index contributed by atoms with van der Waals surface area (Å²) in [7, 11) is 0. The van der Waals surface area contributed by atoms with Gasteiger partial charge in [0.05, 0.1) is 11.4 Å². The standard InChI is InChI=1S/C16H15N3/c1-11-2-4-12(5-3-11)15-10-16(19-18-15)13-6-8-14(17)9-7-13/h2-10H,17H2,1H3,(H,18,19). The van der Waals surface area contributed by atoms with Crippen molar-refractivity contribution in [1.29, 1.82) is 0 Å². The van der Waals surface area contributed by atoms with Gasteiger partial charge < -0.3 is 5.73 Å². The molecule has 0 amide bonds. The Labute approximate surface area is 112 Å². The van der Waals surface area contributed by atoms with Crippen molar-refractivity contribution in [3.8, 4) is 22.5 Å². The summed E-state index contributed by atoms with van der Waals surface area (Å²) < 4.78 is 0.